The van der Waals surface area contributed by atoms with E-state index in [2.05, 4.69) is 17.1 Å². The molecule has 0 bridgehead atoms. The highest BCUT2D eigenvalue weighted by atomic mass is 16.1. The fourth-order valence-corrected chi connectivity index (χ4v) is 3.01. The minimum Gasteiger partial charge on any atom is -0.368 e. The molecular formula is C15H29N3O. The second-order valence-electron chi connectivity index (χ2n) is 6.23. The van der Waals surface area contributed by atoms with E-state index in [1.807, 2.05) is 0 Å². The summed E-state index contributed by atoms with van der Waals surface area (Å²) in [5.41, 5.74) is 5.48. The lowest BCUT2D eigenvalue weighted by Gasteiger charge is -2.23. The topological polar surface area (TPSA) is 58.4 Å². The van der Waals surface area contributed by atoms with Crippen molar-refractivity contribution in [2.24, 2.45) is 11.7 Å². The molecule has 0 spiro atoms. The maximum atomic E-state index is 11.4. The monoisotopic (exact) mass is 267 g/mol. The summed E-state index contributed by atoms with van der Waals surface area (Å²) in [6.07, 6.45) is 8.55. The van der Waals surface area contributed by atoms with Crippen molar-refractivity contribution in [3.63, 3.8) is 0 Å². The van der Waals surface area contributed by atoms with E-state index in [9.17, 15) is 4.79 Å². The molecule has 4 heteroatoms. The molecule has 2 fully saturated rings. The summed E-state index contributed by atoms with van der Waals surface area (Å²) in [4.78, 5) is 14.0. The first-order chi connectivity index (χ1) is 9.19. The Kier molecular flexibility index (Phi) is 5.64. The Morgan fingerprint density at radius 1 is 1.32 bits per heavy atom. The van der Waals surface area contributed by atoms with E-state index in [-0.39, 0.29) is 11.9 Å². The molecule has 1 aliphatic carbocycles. The number of carbonyl (C=O) groups is 1. The van der Waals surface area contributed by atoms with Crippen LogP contribution in [0.5, 0.6) is 0 Å². The van der Waals surface area contributed by atoms with Gasteiger partial charge in [-0.15, -0.1) is 0 Å². The van der Waals surface area contributed by atoms with Crippen LogP contribution in [0.2, 0.25) is 0 Å². The van der Waals surface area contributed by atoms with Gasteiger partial charge in [0.15, 0.2) is 0 Å². The fraction of sp³-hybridized carbons (Fsp3) is 0.933. The van der Waals surface area contributed by atoms with Gasteiger partial charge in [-0.2, -0.15) is 0 Å². The zero-order valence-electron chi connectivity index (χ0n) is 12.2. The van der Waals surface area contributed by atoms with E-state index >= 15 is 0 Å². The molecule has 19 heavy (non-hydrogen) atoms. The number of nitrogens with two attached hydrogens (primary N) is 1. The molecule has 1 saturated carbocycles. The maximum Gasteiger partial charge on any atom is 0.234 e. The molecule has 0 aromatic rings. The standard InChI is InChI=1S/C15H29N3O/c1-2-12-4-3-9-18(10-7-12)11-8-14(15(16)19)17-13-5-6-13/h12-14,17H,2-11H2,1H3,(H2,16,19). The second-order valence-corrected chi connectivity index (χ2v) is 6.23. The van der Waals surface area contributed by atoms with Gasteiger partial charge in [0, 0.05) is 12.6 Å². The van der Waals surface area contributed by atoms with Crippen LogP contribution in [0.15, 0.2) is 0 Å². The molecule has 0 aromatic carbocycles. The van der Waals surface area contributed by atoms with Crippen LogP contribution < -0.4 is 11.1 Å². The SMILES string of the molecule is CCC1CCCN(CCC(NC2CC2)C(N)=O)CC1. The number of hydrogen-bond donors (Lipinski definition) is 2. The Labute approximate surface area is 117 Å². The quantitative estimate of drug-likeness (QED) is 0.735. The molecule has 0 radical (unpaired) electrons. The molecule has 1 saturated heterocycles. The Bertz CT molecular complexity index is 291. The molecule has 2 atom stereocenters. The predicted molar refractivity (Wildman–Crippen MR) is 77.8 cm³/mol. The van der Waals surface area contributed by atoms with Gasteiger partial charge in [0.2, 0.25) is 5.91 Å². The normalized spacial score (nSPS) is 26.9. The summed E-state index contributed by atoms with van der Waals surface area (Å²) in [5.74, 6) is 0.717. The minimum atomic E-state index is -0.187. The summed E-state index contributed by atoms with van der Waals surface area (Å²) in [5, 5.41) is 3.36. The number of hydrogen-bond acceptors (Lipinski definition) is 3. The van der Waals surface area contributed by atoms with Crippen molar-refractivity contribution in [2.45, 2.75) is 64.0 Å². The van der Waals surface area contributed by atoms with E-state index in [0.717, 1.165) is 18.9 Å². The Balaban J connectivity index is 1.71. The molecule has 3 N–H and O–H groups in total. The van der Waals surface area contributed by atoms with Crippen molar-refractivity contribution in [1.29, 1.82) is 0 Å². The van der Waals surface area contributed by atoms with Gasteiger partial charge in [0.05, 0.1) is 6.04 Å². The van der Waals surface area contributed by atoms with Crippen molar-refractivity contribution in [1.82, 2.24) is 10.2 Å². The first-order valence-electron chi connectivity index (χ1n) is 7.96. The summed E-state index contributed by atoms with van der Waals surface area (Å²) in [7, 11) is 0. The second kappa shape index (κ2) is 7.25. The largest absolute Gasteiger partial charge is 0.368 e. The molecule has 2 rings (SSSR count). The predicted octanol–water partition coefficient (Wildman–Crippen LogP) is 1.49. The zero-order chi connectivity index (χ0) is 13.7. The van der Waals surface area contributed by atoms with E-state index in [1.54, 1.807) is 0 Å². The van der Waals surface area contributed by atoms with Gasteiger partial charge in [-0.25, -0.2) is 0 Å². The molecule has 1 heterocycles. The number of nitrogens with zero attached hydrogens (tertiary/aromatic N) is 1. The van der Waals surface area contributed by atoms with Gasteiger partial charge >= 0.3 is 0 Å². The average molecular weight is 267 g/mol. The number of carbonyl (C=O) groups excluding carboxylic acids is 1. The van der Waals surface area contributed by atoms with Crippen LogP contribution in [0.3, 0.4) is 0 Å². The lowest BCUT2D eigenvalue weighted by atomic mass is 9.98. The maximum absolute atomic E-state index is 11.4. The summed E-state index contributed by atoms with van der Waals surface area (Å²) in [6, 6.07) is 0.420. The third-order valence-electron chi connectivity index (χ3n) is 4.61. The highest BCUT2D eigenvalue weighted by Gasteiger charge is 2.27. The first-order valence-corrected chi connectivity index (χ1v) is 7.96. The third kappa shape index (κ3) is 5.11. The number of primary amides is 1. The molecule has 1 amide bonds. The summed E-state index contributed by atoms with van der Waals surface area (Å²) < 4.78 is 0. The van der Waals surface area contributed by atoms with Crippen molar-refractivity contribution >= 4 is 5.91 Å². The summed E-state index contributed by atoms with van der Waals surface area (Å²) in [6.45, 7) is 5.67. The van der Waals surface area contributed by atoms with Crippen LogP contribution >= 0.6 is 0 Å². The molecule has 110 valence electrons. The first kappa shape index (κ1) is 14.8. The van der Waals surface area contributed by atoms with Crippen LogP contribution in [0.4, 0.5) is 0 Å². The van der Waals surface area contributed by atoms with Gasteiger partial charge in [0.25, 0.3) is 0 Å². The fourth-order valence-electron chi connectivity index (χ4n) is 3.01. The molecule has 2 unspecified atom stereocenters. The smallest absolute Gasteiger partial charge is 0.234 e. The Morgan fingerprint density at radius 2 is 2.11 bits per heavy atom. The van der Waals surface area contributed by atoms with Crippen LogP contribution in [0, 0.1) is 5.92 Å². The average Bonchev–Trinajstić information content (AvgIpc) is 3.21. The number of rotatable bonds is 7. The summed E-state index contributed by atoms with van der Waals surface area (Å²) >= 11 is 0. The van der Waals surface area contributed by atoms with Gasteiger partial charge in [-0.1, -0.05) is 13.3 Å². The molecular weight excluding hydrogens is 238 g/mol. The number of nitrogens with one attached hydrogen (secondary N) is 1. The van der Waals surface area contributed by atoms with Crippen LogP contribution in [0.25, 0.3) is 0 Å². The zero-order valence-corrected chi connectivity index (χ0v) is 12.2. The van der Waals surface area contributed by atoms with E-state index < -0.39 is 0 Å². The van der Waals surface area contributed by atoms with Gasteiger partial charge in [-0.3, -0.25) is 4.79 Å². The van der Waals surface area contributed by atoms with Gasteiger partial charge in [0.1, 0.15) is 0 Å². The van der Waals surface area contributed by atoms with Gasteiger partial charge in [-0.05, 0) is 57.5 Å². The molecule has 1 aliphatic heterocycles. The Morgan fingerprint density at radius 3 is 2.74 bits per heavy atom. The minimum absolute atomic E-state index is 0.127. The number of amides is 1. The van der Waals surface area contributed by atoms with E-state index in [1.165, 1.54) is 51.6 Å². The Hall–Kier alpha value is -0.610. The van der Waals surface area contributed by atoms with Crippen molar-refractivity contribution in [3.8, 4) is 0 Å². The molecule has 4 nitrogen and oxygen atoms in total. The highest BCUT2D eigenvalue weighted by Crippen LogP contribution is 2.22. The molecule has 2 aliphatic rings. The third-order valence-corrected chi connectivity index (χ3v) is 4.61. The highest BCUT2D eigenvalue weighted by molar-refractivity contribution is 5.79. The van der Waals surface area contributed by atoms with Crippen molar-refractivity contribution < 1.29 is 4.79 Å². The van der Waals surface area contributed by atoms with E-state index in [4.69, 9.17) is 5.73 Å². The lowest BCUT2D eigenvalue weighted by Crippen LogP contribution is -2.44. The number of likely N-dealkylation sites (tertiary alicyclic amines) is 1. The van der Waals surface area contributed by atoms with E-state index in [0.29, 0.717) is 6.04 Å². The lowest BCUT2D eigenvalue weighted by molar-refractivity contribution is -0.120. The van der Waals surface area contributed by atoms with Crippen LogP contribution in [-0.2, 0) is 4.79 Å². The van der Waals surface area contributed by atoms with Gasteiger partial charge < -0.3 is 16.0 Å². The van der Waals surface area contributed by atoms with Crippen LogP contribution in [-0.4, -0.2) is 42.5 Å². The van der Waals surface area contributed by atoms with Crippen molar-refractivity contribution in [3.05, 3.63) is 0 Å². The van der Waals surface area contributed by atoms with Crippen LogP contribution in [0.1, 0.15) is 51.9 Å². The molecule has 0 aromatic heterocycles. The van der Waals surface area contributed by atoms with Crippen molar-refractivity contribution in [2.75, 3.05) is 19.6 Å².